The second-order valence-corrected chi connectivity index (χ2v) is 9.89. The summed E-state index contributed by atoms with van der Waals surface area (Å²) in [5.74, 6) is -0.130. The number of hydrogen-bond donors (Lipinski definition) is 1. The molecule has 0 aliphatic heterocycles. The zero-order chi connectivity index (χ0) is 26.6. The van der Waals surface area contributed by atoms with Crippen molar-refractivity contribution in [1.82, 2.24) is 10.2 Å². The highest BCUT2D eigenvalue weighted by atomic mass is 19.1. The van der Waals surface area contributed by atoms with Gasteiger partial charge in [0, 0.05) is 25.9 Å². The van der Waals surface area contributed by atoms with Crippen LogP contribution in [-0.2, 0) is 29.0 Å². The van der Waals surface area contributed by atoms with Gasteiger partial charge in [0.15, 0.2) is 0 Å². The molecule has 0 bridgehead atoms. The van der Waals surface area contributed by atoms with Crippen molar-refractivity contribution in [3.63, 3.8) is 0 Å². The first kappa shape index (κ1) is 28.1. The Balaban J connectivity index is 1.85. The summed E-state index contributed by atoms with van der Waals surface area (Å²) in [7, 11) is 0. The minimum Gasteiger partial charge on any atom is -0.354 e. The molecule has 196 valence electrons. The lowest BCUT2D eigenvalue weighted by Crippen LogP contribution is -2.50. The summed E-state index contributed by atoms with van der Waals surface area (Å²) in [5.41, 5.74) is 4.13. The van der Waals surface area contributed by atoms with Crippen molar-refractivity contribution in [2.75, 3.05) is 6.54 Å². The fourth-order valence-electron chi connectivity index (χ4n) is 4.31. The quantitative estimate of drug-likeness (QED) is 0.274. The lowest BCUT2D eigenvalue weighted by atomic mass is 9.99. The van der Waals surface area contributed by atoms with E-state index in [0.717, 1.165) is 29.5 Å². The van der Waals surface area contributed by atoms with Crippen LogP contribution in [0, 0.1) is 5.82 Å². The van der Waals surface area contributed by atoms with Crippen molar-refractivity contribution in [3.05, 3.63) is 107 Å². The van der Waals surface area contributed by atoms with Gasteiger partial charge in [-0.25, -0.2) is 4.39 Å². The van der Waals surface area contributed by atoms with E-state index in [1.807, 2.05) is 30.3 Å². The molecule has 4 nitrogen and oxygen atoms in total. The molecular formula is C32H39FN2O2. The van der Waals surface area contributed by atoms with Crippen LogP contribution >= 0.6 is 0 Å². The number of rotatable bonds is 13. The number of nitrogens with zero attached hydrogens (tertiary/aromatic N) is 1. The third-order valence-corrected chi connectivity index (χ3v) is 6.64. The summed E-state index contributed by atoms with van der Waals surface area (Å²) >= 11 is 0. The van der Waals surface area contributed by atoms with Gasteiger partial charge in [-0.3, -0.25) is 9.59 Å². The van der Waals surface area contributed by atoms with Gasteiger partial charge in [0.05, 0.1) is 0 Å². The summed E-state index contributed by atoms with van der Waals surface area (Å²) in [5, 5.41) is 3.03. The third kappa shape index (κ3) is 8.85. The van der Waals surface area contributed by atoms with Gasteiger partial charge < -0.3 is 10.2 Å². The summed E-state index contributed by atoms with van der Waals surface area (Å²) in [4.78, 5) is 28.8. The molecule has 2 amide bonds. The van der Waals surface area contributed by atoms with Crippen LogP contribution in [0.5, 0.6) is 0 Å². The molecular weight excluding hydrogens is 463 g/mol. The Kier molecular flexibility index (Phi) is 10.9. The van der Waals surface area contributed by atoms with Crippen molar-refractivity contribution in [1.29, 1.82) is 0 Å². The summed E-state index contributed by atoms with van der Waals surface area (Å²) in [6.45, 7) is 7.20. The van der Waals surface area contributed by atoms with E-state index < -0.39 is 6.04 Å². The van der Waals surface area contributed by atoms with Crippen LogP contribution in [0.2, 0.25) is 0 Å². The predicted molar refractivity (Wildman–Crippen MR) is 148 cm³/mol. The van der Waals surface area contributed by atoms with Crippen molar-refractivity contribution < 1.29 is 14.0 Å². The van der Waals surface area contributed by atoms with E-state index in [0.29, 0.717) is 25.3 Å². The van der Waals surface area contributed by atoms with Gasteiger partial charge >= 0.3 is 0 Å². The number of carbonyl (C=O) groups excluding carboxylic acids is 2. The molecule has 3 aromatic rings. The molecule has 0 fully saturated rings. The number of carbonyl (C=O) groups is 2. The maximum Gasteiger partial charge on any atom is 0.243 e. The van der Waals surface area contributed by atoms with Gasteiger partial charge in [0.1, 0.15) is 11.9 Å². The number of nitrogens with one attached hydrogen (secondary N) is 1. The number of halogens is 1. The highest BCUT2D eigenvalue weighted by Gasteiger charge is 2.30. The number of amides is 2. The molecule has 0 radical (unpaired) electrons. The third-order valence-electron chi connectivity index (χ3n) is 6.64. The largest absolute Gasteiger partial charge is 0.354 e. The molecule has 0 unspecified atom stereocenters. The Morgan fingerprint density at radius 3 is 2.14 bits per heavy atom. The van der Waals surface area contributed by atoms with E-state index >= 15 is 0 Å². The van der Waals surface area contributed by atoms with Crippen LogP contribution in [0.1, 0.15) is 68.2 Å². The first-order valence-corrected chi connectivity index (χ1v) is 13.3. The van der Waals surface area contributed by atoms with Crippen LogP contribution in [0.15, 0.2) is 78.9 Å². The van der Waals surface area contributed by atoms with Crippen LogP contribution in [0.25, 0.3) is 0 Å². The minimum atomic E-state index is -0.667. The maximum absolute atomic E-state index is 13.7. The Hall–Kier alpha value is -3.47. The zero-order valence-electron chi connectivity index (χ0n) is 22.3. The highest BCUT2D eigenvalue weighted by Crippen LogP contribution is 2.19. The van der Waals surface area contributed by atoms with Crippen molar-refractivity contribution in [2.24, 2.45) is 0 Å². The average Bonchev–Trinajstić information content (AvgIpc) is 2.91. The van der Waals surface area contributed by atoms with E-state index in [1.54, 1.807) is 17.0 Å². The fraction of sp³-hybridized carbons (Fsp3) is 0.375. The molecule has 1 atom stereocenters. The molecule has 0 aliphatic rings. The number of benzene rings is 3. The molecule has 0 aliphatic carbocycles. The van der Waals surface area contributed by atoms with Crippen molar-refractivity contribution in [3.8, 4) is 0 Å². The number of hydrogen-bond acceptors (Lipinski definition) is 2. The van der Waals surface area contributed by atoms with E-state index in [9.17, 15) is 14.0 Å². The maximum atomic E-state index is 13.7. The van der Waals surface area contributed by atoms with Crippen molar-refractivity contribution >= 4 is 11.8 Å². The zero-order valence-corrected chi connectivity index (χ0v) is 22.3. The topological polar surface area (TPSA) is 49.4 Å². The van der Waals surface area contributed by atoms with Gasteiger partial charge in [0.25, 0.3) is 0 Å². The van der Waals surface area contributed by atoms with Gasteiger partial charge in [-0.1, -0.05) is 93.9 Å². The lowest BCUT2D eigenvalue weighted by Gasteiger charge is -2.31. The Morgan fingerprint density at radius 2 is 1.51 bits per heavy atom. The van der Waals surface area contributed by atoms with E-state index in [1.165, 1.54) is 17.7 Å². The van der Waals surface area contributed by atoms with Gasteiger partial charge in [-0.05, 0) is 53.1 Å². The Labute approximate surface area is 220 Å². The van der Waals surface area contributed by atoms with Gasteiger partial charge in [0.2, 0.25) is 11.8 Å². The molecule has 0 spiro atoms. The van der Waals surface area contributed by atoms with E-state index in [4.69, 9.17) is 0 Å². The molecule has 5 heteroatoms. The SMILES string of the molecule is CCCCNC(=O)[C@@H](Cc1ccccc1)N(Cc1ccc(F)cc1)C(=O)CCc1ccc(C(C)C)cc1. The normalized spacial score (nSPS) is 11.8. The second-order valence-electron chi connectivity index (χ2n) is 9.89. The van der Waals surface area contributed by atoms with Gasteiger partial charge in [-0.2, -0.15) is 0 Å². The molecule has 0 saturated carbocycles. The molecule has 1 N–H and O–H groups in total. The van der Waals surface area contributed by atoms with E-state index in [-0.39, 0.29) is 30.6 Å². The molecule has 3 aromatic carbocycles. The molecule has 0 heterocycles. The summed E-state index contributed by atoms with van der Waals surface area (Å²) in [6.07, 6.45) is 3.14. The van der Waals surface area contributed by atoms with E-state index in [2.05, 4.69) is 50.4 Å². The molecule has 0 saturated heterocycles. The standard InChI is InChI=1S/C32H39FN2O2/c1-4-5-21-34-32(37)30(22-26-9-7-6-8-10-26)35(23-27-13-18-29(33)19-14-27)31(36)20-15-25-11-16-28(17-12-25)24(2)3/h6-14,16-19,24,30H,4-5,15,20-23H2,1-3H3,(H,34,37)/t30-/m1/s1. The van der Waals surface area contributed by atoms with Crippen LogP contribution < -0.4 is 5.32 Å². The van der Waals surface area contributed by atoms with Gasteiger partial charge in [-0.15, -0.1) is 0 Å². The van der Waals surface area contributed by atoms with Crippen LogP contribution in [-0.4, -0.2) is 29.3 Å². The van der Waals surface area contributed by atoms with Crippen LogP contribution in [0.4, 0.5) is 4.39 Å². The minimum absolute atomic E-state index is 0.0937. The van der Waals surface area contributed by atoms with Crippen LogP contribution in [0.3, 0.4) is 0 Å². The Bertz CT molecular complexity index is 1110. The second kappa shape index (κ2) is 14.3. The smallest absolute Gasteiger partial charge is 0.243 e. The first-order chi connectivity index (χ1) is 17.9. The predicted octanol–water partition coefficient (Wildman–Crippen LogP) is 6.44. The molecule has 3 rings (SSSR count). The fourth-order valence-corrected chi connectivity index (χ4v) is 4.31. The monoisotopic (exact) mass is 502 g/mol. The molecule has 0 aromatic heterocycles. The summed E-state index contributed by atoms with van der Waals surface area (Å²) < 4.78 is 13.6. The highest BCUT2D eigenvalue weighted by molar-refractivity contribution is 5.88. The Morgan fingerprint density at radius 1 is 0.865 bits per heavy atom. The number of aryl methyl sites for hydroxylation is 1. The number of unbranched alkanes of at least 4 members (excludes halogenated alkanes) is 1. The first-order valence-electron chi connectivity index (χ1n) is 13.3. The summed E-state index contributed by atoms with van der Waals surface area (Å²) in [6, 6.07) is 23.6. The molecule has 37 heavy (non-hydrogen) atoms. The lowest BCUT2D eigenvalue weighted by molar-refractivity contribution is -0.141. The van der Waals surface area contributed by atoms with Crippen molar-refractivity contribution in [2.45, 2.75) is 71.4 Å². The average molecular weight is 503 g/mol.